The lowest BCUT2D eigenvalue weighted by Crippen LogP contribution is -2.18. The van der Waals surface area contributed by atoms with Gasteiger partial charge in [-0.25, -0.2) is 9.97 Å². The summed E-state index contributed by atoms with van der Waals surface area (Å²) in [6.45, 7) is 8.29. The number of hydrogen-bond donors (Lipinski definition) is 1. The lowest BCUT2D eigenvalue weighted by Gasteiger charge is -2.09. The molecule has 5 heteroatoms. The fraction of sp³-hybridized carbons (Fsp3) is 0.583. The van der Waals surface area contributed by atoms with Gasteiger partial charge in [-0.15, -0.1) is 0 Å². The standard InChI is InChI=1S/C12H19N3O2/c1-5-17-11(16)7-13-12-14-9(4)6-10(15-12)8(2)3/h6,8H,5,7H2,1-4H3,(H,13,14,15). The van der Waals surface area contributed by atoms with Crippen molar-refractivity contribution < 1.29 is 9.53 Å². The van der Waals surface area contributed by atoms with Crippen molar-refractivity contribution in [3.8, 4) is 0 Å². The molecule has 1 aromatic rings. The predicted molar refractivity (Wildman–Crippen MR) is 66.0 cm³/mol. The van der Waals surface area contributed by atoms with E-state index in [2.05, 4.69) is 29.1 Å². The highest BCUT2D eigenvalue weighted by atomic mass is 16.5. The molecule has 94 valence electrons. The van der Waals surface area contributed by atoms with Gasteiger partial charge in [-0.1, -0.05) is 13.8 Å². The quantitative estimate of drug-likeness (QED) is 0.792. The molecule has 1 aromatic heterocycles. The molecule has 0 spiro atoms. The van der Waals surface area contributed by atoms with Crippen LogP contribution >= 0.6 is 0 Å². The Kier molecular flexibility index (Phi) is 4.87. The topological polar surface area (TPSA) is 64.1 Å². The molecule has 1 rings (SSSR count). The second-order valence-electron chi connectivity index (χ2n) is 4.07. The highest BCUT2D eigenvalue weighted by molar-refractivity contribution is 5.74. The van der Waals surface area contributed by atoms with Crippen LogP contribution in [-0.4, -0.2) is 29.1 Å². The largest absolute Gasteiger partial charge is 0.465 e. The zero-order valence-corrected chi connectivity index (χ0v) is 10.8. The molecule has 0 saturated carbocycles. The highest BCUT2D eigenvalue weighted by Crippen LogP contribution is 2.14. The van der Waals surface area contributed by atoms with E-state index in [9.17, 15) is 4.79 Å². The number of anilines is 1. The van der Waals surface area contributed by atoms with Crippen molar-refractivity contribution in [2.45, 2.75) is 33.6 Å². The van der Waals surface area contributed by atoms with Crippen LogP contribution in [0.4, 0.5) is 5.95 Å². The average Bonchev–Trinajstić information content (AvgIpc) is 2.26. The van der Waals surface area contributed by atoms with Crippen molar-refractivity contribution >= 4 is 11.9 Å². The van der Waals surface area contributed by atoms with E-state index in [1.807, 2.05) is 13.0 Å². The van der Waals surface area contributed by atoms with Gasteiger partial charge in [0, 0.05) is 11.4 Å². The number of carbonyl (C=O) groups is 1. The zero-order chi connectivity index (χ0) is 12.8. The molecule has 0 aliphatic rings. The van der Waals surface area contributed by atoms with Gasteiger partial charge >= 0.3 is 5.97 Å². The lowest BCUT2D eigenvalue weighted by atomic mass is 10.1. The minimum Gasteiger partial charge on any atom is -0.465 e. The molecule has 0 radical (unpaired) electrons. The zero-order valence-electron chi connectivity index (χ0n) is 10.8. The molecule has 0 fully saturated rings. The van der Waals surface area contributed by atoms with Gasteiger partial charge in [-0.3, -0.25) is 4.79 Å². The molecule has 5 nitrogen and oxygen atoms in total. The van der Waals surface area contributed by atoms with Crippen LogP contribution in [0.1, 0.15) is 38.1 Å². The molecule has 0 unspecified atom stereocenters. The Bertz CT molecular complexity index is 391. The number of ether oxygens (including phenoxy) is 1. The van der Waals surface area contributed by atoms with Crippen molar-refractivity contribution in [2.75, 3.05) is 18.5 Å². The van der Waals surface area contributed by atoms with Crippen LogP contribution in [0.15, 0.2) is 6.07 Å². The number of aryl methyl sites for hydroxylation is 1. The van der Waals surface area contributed by atoms with Gasteiger partial charge in [0.2, 0.25) is 5.95 Å². The fourth-order valence-electron chi connectivity index (χ4n) is 1.33. The third-order valence-corrected chi connectivity index (χ3v) is 2.16. The van der Waals surface area contributed by atoms with Gasteiger partial charge in [-0.2, -0.15) is 0 Å². The van der Waals surface area contributed by atoms with Crippen molar-refractivity contribution in [1.29, 1.82) is 0 Å². The highest BCUT2D eigenvalue weighted by Gasteiger charge is 2.07. The number of nitrogens with zero attached hydrogens (tertiary/aromatic N) is 2. The number of nitrogens with one attached hydrogen (secondary N) is 1. The molecule has 17 heavy (non-hydrogen) atoms. The lowest BCUT2D eigenvalue weighted by molar-refractivity contribution is -0.140. The molecule has 0 saturated heterocycles. The maximum absolute atomic E-state index is 11.2. The Morgan fingerprint density at radius 1 is 1.47 bits per heavy atom. The van der Waals surface area contributed by atoms with Crippen molar-refractivity contribution in [2.24, 2.45) is 0 Å². The summed E-state index contributed by atoms with van der Waals surface area (Å²) >= 11 is 0. The first-order chi connectivity index (χ1) is 8.02. The SMILES string of the molecule is CCOC(=O)CNc1nc(C)cc(C(C)C)n1. The second kappa shape index (κ2) is 6.18. The van der Waals surface area contributed by atoms with E-state index in [1.54, 1.807) is 6.92 Å². The Morgan fingerprint density at radius 3 is 2.76 bits per heavy atom. The molecule has 0 bridgehead atoms. The monoisotopic (exact) mass is 237 g/mol. The first-order valence-corrected chi connectivity index (χ1v) is 5.78. The van der Waals surface area contributed by atoms with Gasteiger partial charge in [-0.05, 0) is 25.8 Å². The smallest absolute Gasteiger partial charge is 0.325 e. The molecule has 0 aliphatic carbocycles. The molecule has 1 N–H and O–H groups in total. The minimum absolute atomic E-state index is 0.0921. The molecule has 0 aliphatic heterocycles. The molecular weight excluding hydrogens is 218 g/mol. The van der Waals surface area contributed by atoms with Gasteiger partial charge in [0.05, 0.1) is 6.61 Å². The minimum atomic E-state index is -0.302. The van der Waals surface area contributed by atoms with Crippen LogP contribution in [0.3, 0.4) is 0 Å². The van der Waals surface area contributed by atoms with Gasteiger partial charge in [0.15, 0.2) is 0 Å². The number of hydrogen-bond acceptors (Lipinski definition) is 5. The van der Waals surface area contributed by atoms with Gasteiger partial charge in [0.25, 0.3) is 0 Å². The summed E-state index contributed by atoms with van der Waals surface area (Å²) in [5, 5.41) is 2.87. The molecule has 0 atom stereocenters. The third kappa shape index (κ3) is 4.38. The maximum Gasteiger partial charge on any atom is 0.325 e. The summed E-state index contributed by atoms with van der Waals surface area (Å²) in [6, 6.07) is 1.94. The van der Waals surface area contributed by atoms with Crippen LogP contribution in [0.25, 0.3) is 0 Å². The maximum atomic E-state index is 11.2. The fourth-order valence-corrected chi connectivity index (χ4v) is 1.33. The summed E-state index contributed by atoms with van der Waals surface area (Å²) < 4.78 is 4.81. The molecule has 0 amide bonds. The Hall–Kier alpha value is -1.65. The van der Waals surface area contributed by atoms with E-state index >= 15 is 0 Å². The summed E-state index contributed by atoms with van der Waals surface area (Å²) in [6.07, 6.45) is 0. The van der Waals surface area contributed by atoms with Crippen LogP contribution in [0, 0.1) is 6.92 Å². The Balaban J connectivity index is 2.68. The molecule has 0 aromatic carbocycles. The van der Waals surface area contributed by atoms with Gasteiger partial charge < -0.3 is 10.1 Å². The Morgan fingerprint density at radius 2 is 2.18 bits per heavy atom. The Labute approximate surface area is 102 Å². The molecular formula is C12H19N3O2. The number of rotatable bonds is 5. The molecule has 1 heterocycles. The first-order valence-electron chi connectivity index (χ1n) is 5.78. The predicted octanol–water partition coefficient (Wildman–Crippen LogP) is 1.88. The van der Waals surface area contributed by atoms with E-state index in [0.29, 0.717) is 18.5 Å². The van der Waals surface area contributed by atoms with E-state index in [-0.39, 0.29) is 12.5 Å². The van der Waals surface area contributed by atoms with Gasteiger partial charge in [0.1, 0.15) is 6.54 Å². The summed E-state index contributed by atoms with van der Waals surface area (Å²) in [5.41, 5.74) is 1.85. The van der Waals surface area contributed by atoms with Crippen molar-refractivity contribution in [1.82, 2.24) is 9.97 Å². The second-order valence-corrected chi connectivity index (χ2v) is 4.07. The summed E-state index contributed by atoms with van der Waals surface area (Å²) in [5.74, 6) is 0.505. The van der Waals surface area contributed by atoms with Crippen LogP contribution in [0.2, 0.25) is 0 Å². The van der Waals surface area contributed by atoms with E-state index in [4.69, 9.17) is 4.74 Å². The normalized spacial score (nSPS) is 10.4. The van der Waals surface area contributed by atoms with Crippen molar-refractivity contribution in [3.63, 3.8) is 0 Å². The number of aromatic nitrogens is 2. The van der Waals surface area contributed by atoms with Crippen LogP contribution in [0.5, 0.6) is 0 Å². The third-order valence-electron chi connectivity index (χ3n) is 2.16. The van der Waals surface area contributed by atoms with Crippen LogP contribution in [-0.2, 0) is 9.53 Å². The van der Waals surface area contributed by atoms with E-state index < -0.39 is 0 Å². The van der Waals surface area contributed by atoms with E-state index in [0.717, 1.165) is 11.4 Å². The van der Waals surface area contributed by atoms with Crippen LogP contribution < -0.4 is 5.32 Å². The average molecular weight is 237 g/mol. The van der Waals surface area contributed by atoms with E-state index in [1.165, 1.54) is 0 Å². The number of carbonyl (C=O) groups excluding carboxylic acids is 1. The van der Waals surface area contributed by atoms with Crippen molar-refractivity contribution in [3.05, 3.63) is 17.5 Å². The summed E-state index contributed by atoms with van der Waals surface area (Å²) in [7, 11) is 0. The summed E-state index contributed by atoms with van der Waals surface area (Å²) in [4.78, 5) is 19.7. The first kappa shape index (κ1) is 13.4. The number of esters is 1.